The van der Waals surface area contributed by atoms with Crippen LogP contribution >= 0.6 is 0 Å². The predicted molar refractivity (Wildman–Crippen MR) is 71.4 cm³/mol. The Morgan fingerprint density at radius 3 is 2.63 bits per heavy atom. The van der Waals surface area contributed by atoms with E-state index in [1.165, 1.54) is 5.57 Å². The molecule has 2 N–H and O–H groups in total. The molecule has 0 unspecified atom stereocenters. The monoisotopic (exact) mass is 266 g/mol. The van der Waals surface area contributed by atoms with Gasteiger partial charge >= 0.3 is 5.97 Å². The van der Waals surface area contributed by atoms with E-state index in [0.29, 0.717) is 5.57 Å². The summed E-state index contributed by atoms with van der Waals surface area (Å²) in [7, 11) is 0. The van der Waals surface area contributed by atoms with Gasteiger partial charge in [0.2, 0.25) is 0 Å². The highest BCUT2D eigenvalue weighted by molar-refractivity contribution is 5.90. The van der Waals surface area contributed by atoms with Crippen molar-refractivity contribution >= 4 is 5.97 Å². The molecule has 1 aliphatic carbocycles. The fourth-order valence-corrected chi connectivity index (χ4v) is 2.79. The molecule has 4 atom stereocenters. The zero-order valence-electron chi connectivity index (χ0n) is 11.7. The number of aliphatic hydroxyl groups excluding tert-OH is 1. The van der Waals surface area contributed by atoms with Gasteiger partial charge in [0, 0.05) is 5.57 Å². The van der Waals surface area contributed by atoms with E-state index in [2.05, 4.69) is 13.0 Å². The molecule has 1 aliphatic heterocycles. The highest BCUT2D eigenvalue weighted by Gasteiger charge is 2.45. The molecule has 0 aromatic rings. The van der Waals surface area contributed by atoms with Gasteiger partial charge in [0.05, 0.1) is 5.60 Å². The Morgan fingerprint density at radius 2 is 2.16 bits per heavy atom. The lowest BCUT2D eigenvalue weighted by atomic mass is 9.74. The molecule has 0 aromatic heterocycles. The van der Waals surface area contributed by atoms with E-state index in [0.717, 1.165) is 19.3 Å². The normalized spacial score (nSPS) is 32.2. The molecule has 0 aromatic carbocycles. The largest absolute Gasteiger partial charge is 0.452 e. The smallest absolute Gasteiger partial charge is 0.334 e. The van der Waals surface area contributed by atoms with Crippen molar-refractivity contribution < 1.29 is 19.7 Å². The van der Waals surface area contributed by atoms with E-state index >= 15 is 0 Å². The van der Waals surface area contributed by atoms with E-state index in [-0.39, 0.29) is 5.92 Å². The predicted octanol–water partition coefficient (Wildman–Crippen LogP) is 1.72. The number of carbonyl (C=O) groups is 1. The minimum atomic E-state index is -1.26. The molecular weight excluding hydrogens is 244 g/mol. The number of ether oxygens (including phenoxy) is 1. The van der Waals surface area contributed by atoms with Gasteiger partial charge < -0.3 is 14.9 Å². The van der Waals surface area contributed by atoms with E-state index in [9.17, 15) is 15.0 Å². The summed E-state index contributed by atoms with van der Waals surface area (Å²) in [6.07, 6.45) is 4.39. The maximum atomic E-state index is 11.3. The minimum absolute atomic E-state index is 0.0146. The quantitative estimate of drug-likeness (QED) is 0.603. The summed E-state index contributed by atoms with van der Waals surface area (Å²) in [5.74, 6) is -0.432. The summed E-state index contributed by atoms with van der Waals surface area (Å²) in [6, 6.07) is 0. The van der Waals surface area contributed by atoms with Crippen LogP contribution in [0.5, 0.6) is 0 Å². The summed E-state index contributed by atoms with van der Waals surface area (Å²) in [4.78, 5) is 11.3. The van der Waals surface area contributed by atoms with Crippen molar-refractivity contribution in [1.29, 1.82) is 0 Å². The van der Waals surface area contributed by atoms with E-state index < -0.39 is 23.8 Å². The third-order valence-corrected chi connectivity index (χ3v) is 4.35. The molecule has 2 aliphatic rings. The van der Waals surface area contributed by atoms with Crippen LogP contribution in [0.15, 0.2) is 23.3 Å². The molecule has 0 saturated carbocycles. The van der Waals surface area contributed by atoms with Crippen molar-refractivity contribution in [3.8, 4) is 0 Å². The van der Waals surface area contributed by atoms with Gasteiger partial charge in [0.1, 0.15) is 12.2 Å². The first kappa shape index (κ1) is 14.3. The number of carbonyl (C=O) groups excluding carboxylic acids is 1. The minimum Gasteiger partial charge on any atom is -0.452 e. The second-order valence-electron chi connectivity index (χ2n) is 5.91. The van der Waals surface area contributed by atoms with Crippen molar-refractivity contribution in [3.63, 3.8) is 0 Å². The number of aliphatic hydroxyl groups is 2. The molecule has 19 heavy (non-hydrogen) atoms. The third kappa shape index (κ3) is 2.74. The average molecular weight is 266 g/mol. The van der Waals surface area contributed by atoms with Crippen LogP contribution in [0.25, 0.3) is 0 Å². The summed E-state index contributed by atoms with van der Waals surface area (Å²) in [5, 5.41) is 21.0. The molecule has 0 spiro atoms. The summed E-state index contributed by atoms with van der Waals surface area (Å²) in [5.41, 5.74) is 0.548. The van der Waals surface area contributed by atoms with Crippen LogP contribution in [0.2, 0.25) is 0 Å². The Bertz CT molecular complexity index is 433. The molecule has 0 radical (unpaired) electrons. The van der Waals surface area contributed by atoms with Crippen LogP contribution in [-0.2, 0) is 9.53 Å². The molecule has 1 heterocycles. The van der Waals surface area contributed by atoms with Gasteiger partial charge in [0.25, 0.3) is 0 Å². The highest BCUT2D eigenvalue weighted by atomic mass is 16.6. The number of hydrogen-bond acceptors (Lipinski definition) is 4. The molecule has 0 fully saturated rings. The Morgan fingerprint density at radius 1 is 1.47 bits per heavy atom. The van der Waals surface area contributed by atoms with Crippen molar-refractivity contribution in [2.75, 3.05) is 0 Å². The fraction of sp³-hybridized carbons (Fsp3) is 0.667. The molecule has 4 heteroatoms. The SMILES string of the molecule is CC1=CC[C@@H]([C@](C)(O)[C@H](O)[C@H]2C=C(C)C(=O)O2)CC1. The number of cyclic esters (lactones) is 1. The number of esters is 1. The second kappa shape index (κ2) is 5.10. The number of rotatable bonds is 3. The second-order valence-corrected chi connectivity index (χ2v) is 5.91. The van der Waals surface area contributed by atoms with Crippen molar-refractivity contribution in [2.45, 2.75) is 57.8 Å². The Kier molecular flexibility index (Phi) is 3.83. The van der Waals surface area contributed by atoms with Gasteiger partial charge in [-0.05, 0) is 52.0 Å². The average Bonchev–Trinajstić information content (AvgIpc) is 2.69. The molecule has 0 amide bonds. The Balaban J connectivity index is 2.09. The van der Waals surface area contributed by atoms with Crippen LogP contribution in [0.1, 0.15) is 40.0 Å². The molecule has 106 valence electrons. The first-order chi connectivity index (χ1) is 8.82. The van der Waals surface area contributed by atoms with Gasteiger partial charge in [-0.25, -0.2) is 4.79 Å². The van der Waals surface area contributed by atoms with Gasteiger partial charge in [-0.2, -0.15) is 0 Å². The maximum absolute atomic E-state index is 11.3. The van der Waals surface area contributed by atoms with E-state index in [1.54, 1.807) is 19.9 Å². The molecular formula is C15H22O4. The molecule has 2 rings (SSSR count). The fourth-order valence-electron chi connectivity index (χ4n) is 2.79. The third-order valence-electron chi connectivity index (χ3n) is 4.35. The highest BCUT2D eigenvalue weighted by Crippen LogP contribution is 2.36. The topological polar surface area (TPSA) is 66.8 Å². The Labute approximate surface area is 113 Å². The lowest BCUT2D eigenvalue weighted by molar-refractivity contribution is -0.162. The molecule has 0 saturated heterocycles. The van der Waals surface area contributed by atoms with Gasteiger partial charge in [-0.3, -0.25) is 0 Å². The van der Waals surface area contributed by atoms with Crippen LogP contribution in [0.3, 0.4) is 0 Å². The van der Waals surface area contributed by atoms with Crippen molar-refractivity contribution in [1.82, 2.24) is 0 Å². The van der Waals surface area contributed by atoms with Crippen LogP contribution < -0.4 is 0 Å². The zero-order chi connectivity index (χ0) is 14.2. The van der Waals surface area contributed by atoms with E-state index in [1.807, 2.05) is 0 Å². The lowest BCUT2D eigenvalue weighted by Gasteiger charge is -2.39. The summed E-state index contributed by atoms with van der Waals surface area (Å²) >= 11 is 0. The molecule has 0 bridgehead atoms. The zero-order valence-corrected chi connectivity index (χ0v) is 11.7. The van der Waals surface area contributed by atoms with Crippen molar-refractivity contribution in [2.24, 2.45) is 5.92 Å². The standard InChI is InChI=1S/C15H22O4/c1-9-4-6-11(7-5-9)15(3,18)13(16)12-8-10(2)14(17)19-12/h4,8,11-13,16,18H,5-7H2,1-3H3/t11-,12-,13-,15+/m1/s1. The van der Waals surface area contributed by atoms with Gasteiger partial charge in [-0.1, -0.05) is 11.6 Å². The van der Waals surface area contributed by atoms with Crippen LogP contribution in [-0.4, -0.2) is 34.0 Å². The van der Waals surface area contributed by atoms with Gasteiger partial charge in [-0.15, -0.1) is 0 Å². The first-order valence-electron chi connectivity index (χ1n) is 6.78. The molecule has 4 nitrogen and oxygen atoms in total. The lowest BCUT2D eigenvalue weighted by Crippen LogP contribution is -2.52. The van der Waals surface area contributed by atoms with Crippen LogP contribution in [0.4, 0.5) is 0 Å². The Hall–Kier alpha value is -1.13. The summed E-state index contributed by atoms with van der Waals surface area (Å²) < 4.78 is 5.08. The summed E-state index contributed by atoms with van der Waals surface area (Å²) in [6.45, 7) is 5.36. The van der Waals surface area contributed by atoms with Crippen molar-refractivity contribution in [3.05, 3.63) is 23.3 Å². The maximum Gasteiger partial charge on any atom is 0.334 e. The van der Waals surface area contributed by atoms with Crippen LogP contribution in [0, 0.1) is 5.92 Å². The number of allylic oxidation sites excluding steroid dienone is 2. The number of hydrogen-bond donors (Lipinski definition) is 2. The van der Waals surface area contributed by atoms with E-state index in [4.69, 9.17) is 4.74 Å². The first-order valence-corrected chi connectivity index (χ1v) is 6.78. The van der Waals surface area contributed by atoms with Gasteiger partial charge in [0.15, 0.2) is 0 Å².